The van der Waals surface area contributed by atoms with Gasteiger partial charge in [0.15, 0.2) is 0 Å². The van der Waals surface area contributed by atoms with E-state index < -0.39 is 5.97 Å². The molecule has 0 aliphatic carbocycles. The van der Waals surface area contributed by atoms with Crippen molar-refractivity contribution < 1.29 is 9.90 Å². The van der Waals surface area contributed by atoms with Crippen molar-refractivity contribution in [2.75, 3.05) is 6.54 Å². The molecule has 0 unspecified atom stereocenters. The van der Waals surface area contributed by atoms with Crippen molar-refractivity contribution in [2.24, 2.45) is 0 Å². The largest absolute Gasteiger partial charge is 0.480 e. The number of carboxylic acid groups (broad SMARTS) is 1. The summed E-state index contributed by atoms with van der Waals surface area (Å²) >= 11 is 12.1. The van der Waals surface area contributed by atoms with Crippen LogP contribution >= 0.6 is 23.2 Å². The Morgan fingerprint density at radius 1 is 1.37 bits per heavy atom. The second-order valence-electron chi connectivity index (χ2n) is 4.62. The van der Waals surface area contributed by atoms with Crippen LogP contribution in [-0.2, 0) is 24.3 Å². The van der Waals surface area contributed by atoms with E-state index in [0.29, 0.717) is 10.0 Å². The Morgan fingerprint density at radius 3 is 2.84 bits per heavy atom. The number of carboxylic acids is 1. The molecule has 1 aromatic carbocycles. The predicted octanol–water partition coefficient (Wildman–Crippen LogP) is 2.68. The van der Waals surface area contributed by atoms with E-state index in [1.165, 1.54) is 0 Å². The van der Waals surface area contributed by atoms with Crippen LogP contribution in [0.15, 0.2) is 12.1 Å². The summed E-state index contributed by atoms with van der Waals surface area (Å²) in [4.78, 5) is 11.1. The lowest BCUT2D eigenvalue weighted by Crippen LogP contribution is -2.25. The van der Waals surface area contributed by atoms with Crippen molar-refractivity contribution in [1.82, 2.24) is 9.88 Å². The number of carbonyl (C=O) groups is 1. The third kappa shape index (κ3) is 2.10. The third-order valence-electron chi connectivity index (χ3n) is 3.46. The second-order valence-corrected chi connectivity index (χ2v) is 5.43. The van der Waals surface area contributed by atoms with Crippen molar-refractivity contribution in [1.29, 1.82) is 0 Å². The Labute approximate surface area is 119 Å². The van der Waals surface area contributed by atoms with Crippen molar-refractivity contribution >= 4 is 40.1 Å². The fraction of sp³-hybridized carbons (Fsp3) is 0.308. The minimum Gasteiger partial charge on any atom is -0.480 e. The van der Waals surface area contributed by atoms with E-state index in [2.05, 4.69) is 5.32 Å². The molecule has 1 aromatic heterocycles. The molecule has 0 radical (unpaired) electrons. The lowest BCUT2D eigenvalue weighted by molar-refractivity contribution is -0.137. The predicted molar refractivity (Wildman–Crippen MR) is 75.0 cm³/mol. The molecule has 0 spiro atoms. The zero-order valence-corrected chi connectivity index (χ0v) is 11.6. The number of fused-ring (bicyclic) bond motifs is 3. The summed E-state index contributed by atoms with van der Waals surface area (Å²) in [5, 5.41) is 14.3. The Morgan fingerprint density at radius 2 is 2.11 bits per heavy atom. The lowest BCUT2D eigenvalue weighted by atomic mass is 10.1. The monoisotopic (exact) mass is 298 g/mol. The molecule has 0 saturated carbocycles. The number of rotatable bonds is 2. The van der Waals surface area contributed by atoms with E-state index >= 15 is 0 Å². The fourth-order valence-corrected chi connectivity index (χ4v) is 3.01. The SMILES string of the molecule is O=C(O)Cn1c2c(c3cc(Cl)c(Cl)cc31)CNCC2. The first-order chi connectivity index (χ1) is 9.08. The van der Waals surface area contributed by atoms with E-state index in [4.69, 9.17) is 28.3 Å². The highest BCUT2D eigenvalue weighted by molar-refractivity contribution is 6.42. The van der Waals surface area contributed by atoms with E-state index in [1.807, 2.05) is 10.6 Å². The average Bonchev–Trinajstić information content (AvgIpc) is 2.65. The zero-order valence-electron chi connectivity index (χ0n) is 10.0. The van der Waals surface area contributed by atoms with Crippen LogP contribution < -0.4 is 5.32 Å². The third-order valence-corrected chi connectivity index (χ3v) is 4.18. The summed E-state index contributed by atoms with van der Waals surface area (Å²) < 4.78 is 1.83. The van der Waals surface area contributed by atoms with Crippen molar-refractivity contribution in [2.45, 2.75) is 19.5 Å². The molecule has 100 valence electrons. The van der Waals surface area contributed by atoms with Crippen LogP contribution in [0.3, 0.4) is 0 Å². The number of nitrogens with zero attached hydrogens (tertiary/aromatic N) is 1. The number of aromatic nitrogens is 1. The van der Waals surface area contributed by atoms with Gasteiger partial charge in [0.25, 0.3) is 0 Å². The molecule has 0 amide bonds. The Bertz CT molecular complexity index is 679. The maximum Gasteiger partial charge on any atom is 0.323 e. The maximum atomic E-state index is 11.1. The van der Waals surface area contributed by atoms with Crippen LogP contribution in [0.1, 0.15) is 11.3 Å². The molecule has 4 nitrogen and oxygen atoms in total. The molecule has 0 bridgehead atoms. The van der Waals surface area contributed by atoms with Crippen molar-refractivity contribution in [3.63, 3.8) is 0 Å². The zero-order chi connectivity index (χ0) is 13.6. The fourth-order valence-electron chi connectivity index (χ4n) is 2.68. The minimum absolute atomic E-state index is 0.0518. The van der Waals surface area contributed by atoms with Gasteiger partial charge in [-0.25, -0.2) is 0 Å². The summed E-state index contributed by atoms with van der Waals surface area (Å²) in [5.41, 5.74) is 3.03. The summed E-state index contributed by atoms with van der Waals surface area (Å²) in [6.07, 6.45) is 0.812. The van der Waals surface area contributed by atoms with Gasteiger partial charge < -0.3 is 15.0 Å². The molecule has 0 fully saturated rings. The number of halogens is 2. The van der Waals surface area contributed by atoms with Gasteiger partial charge in [0, 0.05) is 30.6 Å². The molecule has 3 rings (SSSR count). The highest BCUT2D eigenvalue weighted by atomic mass is 35.5. The van der Waals surface area contributed by atoms with E-state index in [0.717, 1.165) is 41.7 Å². The normalized spacial score (nSPS) is 14.6. The maximum absolute atomic E-state index is 11.1. The molecule has 1 aliphatic heterocycles. The molecule has 0 saturated heterocycles. The second kappa shape index (κ2) is 4.71. The lowest BCUT2D eigenvalue weighted by Gasteiger charge is -2.16. The number of hydrogen-bond acceptors (Lipinski definition) is 2. The molecule has 6 heteroatoms. The van der Waals surface area contributed by atoms with Gasteiger partial charge in [-0.05, 0) is 17.7 Å². The van der Waals surface area contributed by atoms with Gasteiger partial charge in [-0.1, -0.05) is 23.2 Å². The molecule has 19 heavy (non-hydrogen) atoms. The van der Waals surface area contributed by atoms with Gasteiger partial charge in [0.1, 0.15) is 6.54 Å². The van der Waals surface area contributed by atoms with Gasteiger partial charge in [0.2, 0.25) is 0 Å². The summed E-state index contributed by atoms with van der Waals surface area (Å²) in [6, 6.07) is 3.57. The minimum atomic E-state index is -0.857. The van der Waals surface area contributed by atoms with Gasteiger partial charge in [-0.15, -0.1) is 0 Å². The first kappa shape index (κ1) is 12.8. The van der Waals surface area contributed by atoms with E-state index in [1.54, 1.807) is 6.07 Å². The van der Waals surface area contributed by atoms with Gasteiger partial charge in [-0.3, -0.25) is 4.79 Å². The first-order valence-electron chi connectivity index (χ1n) is 5.99. The molecular weight excluding hydrogens is 287 g/mol. The van der Waals surface area contributed by atoms with Crippen LogP contribution in [0, 0.1) is 0 Å². The quantitative estimate of drug-likeness (QED) is 0.896. The standard InChI is InChI=1S/C13H12Cl2N2O2/c14-9-3-7-8-5-16-2-1-11(8)17(6-13(18)19)12(7)4-10(9)15/h3-4,16H,1-2,5-6H2,(H,18,19). The first-order valence-corrected chi connectivity index (χ1v) is 6.75. The van der Waals surface area contributed by atoms with Crippen LogP contribution in [0.25, 0.3) is 10.9 Å². The van der Waals surface area contributed by atoms with Gasteiger partial charge in [-0.2, -0.15) is 0 Å². The highest BCUT2D eigenvalue weighted by Crippen LogP contribution is 2.34. The Balaban J connectivity index is 2.32. The van der Waals surface area contributed by atoms with Gasteiger partial charge in [0.05, 0.1) is 15.6 Å². The average molecular weight is 299 g/mol. The summed E-state index contributed by atoms with van der Waals surface area (Å²) in [6.45, 7) is 1.53. The molecule has 2 aromatic rings. The number of nitrogens with one attached hydrogen (secondary N) is 1. The van der Waals surface area contributed by atoms with Crippen LogP contribution in [0.4, 0.5) is 0 Å². The summed E-state index contributed by atoms with van der Waals surface area (Å²) in [7, 11) is 0. The van der Waals surface area contributed by atoms with Crippen molar-refractivity contribution in [3.8, 4) is 0 Å². The molecule has 1 aliphatic rings. The molecule has 0 atom stereocenters. The van der Waals surface area contributed by atoms with Gasteiger partial charge >= 0.3 is 5.97 Å². The Kier molecular flexibility index (Phi) is 3.17. The highest BCUT2D eigenvalue weighted by Gasteiger charge is 2.21. The smallest absolute Gasteiger partial charge is 0.323 e. The number of benzene rings is 1. The molecule has 2 heterocycles. The van der Waals surface area contributed by atoms with Crippen LogP contribution in [0.2, 0.25) is 10.0 Å². The Hall–Kier alpha value is -1.23. The topological polar surface area (TPSA) is 54.3 Å². The molecular formula is C13H12Cl2N2O2. The van der Waals surface area contributed by atoms with Crippen LogP contribution in [-0.4, -0.2) is 22.2 Å². The molecule has 2 N–H and O–H groups in total. The van der Waals surface area contributed by atoms with E-state index in [-0.39, 0.29) is 6.54 Å². The number of hydrogen-bond donors (Lipinski definition) is 2. The van der Waals surface area contributed by atoms with Crippen LogP contribution in [0.5, 0.6) is 0 Å². The van der Waals surface area contributed by atoms with Crippen molar-refractivity contribution in [3.05, 3.63) is 33.4 Å². The number of aliphatic carboxylic acids is 1. The summed E-state index contributed by atoms with van der Waals surface area (Å²) in [5.74, 6) is -0.857. The van der Waals surface area contributed by atoms with E-state index in [9.17, 15) is 4.79 Å².